The molecule has 1 atom stereocenters. The van der Waals surface area contributed by atoms with Gasteiger partial charge in [0.15, 0.2) is 0 Å². The van der Waals surface area contributed by atoms with Crippen molar-refractivity contribution in [3.63, 3.8) is 0 Å². The van der Waals surface area contributed by atoms with Crippen molar-refractivity contribution in [2.75, 3.05) is 5.33 Å². The minimum absolute atomic E-state index is 0.190. The second-order valence-electron chi connectivity index (χ2n) is 3.71. The molecule has 1 aromatic rings. The number of rotatable bonds is 5. The molecule has 0 saturated carbocycles. The molecule has 0 radical (unpaired) electrons. The first-order valence-electron chi connectivity index (χ1n) is 5.17. The summed E-state index contributed by atoms with van der Waals surface area (Å²) in [5.41, 5.74) is 0.650. The average Bonchev–Trinajstić information content (AvgIpc) is 2.22. The summed E-state index contributed by atoms with van der Waals surface area (Å²) in [5, 5.41) is 1.43. The van der Waals surface area contributed by atoms with Gasteiger partial charge < -0.3 is 0 Å². The maximum absolute atomic E-state index is 13.5. The van der Waals surface area contributed by atoms with E-state index in [1.165, 1.54) is 6.07 Å². The molecule has 1 unspecified atom stereocenters. The smallest absolute Gasteiger partial charge is 0.127 e. The summed E-state index contributed by atoms with van der Waals surface area (Å²) in [6, 6.07) is 4.86. The lowest BCUT2D eigenvalue weighted by Crippen LogP contribution is -2.07. The number of hydrogen-bond donors (Lipinski definition) is 0. The Morgan fingerprint density at radius 2 is 2.20 bits per heavy atom. The van der Waals surface area contributed by atoms with Crippen LogP contribution in [-0.2, 0) is 6.42 Å². The molecule has 0 bridgehead atoms. The van der Waals surface area contributed by atoms with Gasteiger partial charge in [-0.15, -0.1) is 0 Å². The zero-order valence-corrected chi connectivity index (χ0v) is 11.1. The predicted molar refractivity (Wildman–Crippen MR) is 67.3 cm³/mol. The third-order valence-corrected chi connectivity index (χ3v) is 3.74. The van der Waals surface area contributed by atoms with Gasteiger partial charge in [-0.05, 0) is 30.9 Å². The first-order chi connectivity index (χ1) is 7.19. The molecular weight excluding hydrogens is 278 g/mol. The van der Waals surface area contributed by atoms with E-state index in [1.54, 1.807) is 12.1 Å². The number of alkyl halides is 1. The van der Waals surface area contributed by atoms with E-state index in [1.807, 2.05) is 0 Å². The van der Waals surface area contributed by atoms with Crippen LogP contribution >= 0.6 is 27.5 Å². The average molecular weight is 294 g/mol. The maximum atomic E-state index is 13.5. The van der Waals surface area contributed by atoms with Crippen molar-refractivity contribution in [3.8, 4) is 0 Å². The van der Waals surface area contributed by atoms with E-state index >= 15 is 0 Å². The predicted octanol–water partition coefficient (Wildman–Crippen LogP) is 4.83. The fraction of sp³-hybridized carbons (Fsp3) is 0.500. The highest BCUT2D eigenvalue weighted by Gasteiger charge is 2.13. The summed E-state index contributed by atoms with van der Waals surface area (Å²) in [5.74, 6) is 0.272. The summed E-state index contributed by atoms with van der Waals surface area (Å²) in [7, 11) is 0. The Labute approximate surface area is 104 Å². The van der Waals surface area contributed by atoms with Gasteiger partial charge in [0.2, 0.25) is 0 Å². The van der Waals surface area contributed by atoms with E-state index in [0.717, 1.165) is 18.2 Å². The lowest BCUT2D eigenvalue weighted by atomic mass is 9.96. The van der Waals surface area contributed by atoms with Crippen molar-refractivity contribution >= 4 is 27.5 Å². The second kappa shape index (κ2) is 6.49. The van der Waals surface area contributed by atoms with Crippen LogP contribution in [0.15, 0.2) is 18.2 Å². The molecule has 0 aliphatic rings. The monoisotopic (exact) mass is 292 g/mol. The summed E-state index contributed by atoms with van der Waals surface area (Å²) in [6.45, 7) is 2.14. The molecule has 0 nitrogen and oxygen atoms in total. The van der Waals surface area contributed by atoms with Crippen LogP contribution in [0.1, 0.15) is 25.3 Å². The fourth-order valence-electron chi connectivity index (χ4n) is 1.66. The molecule has 0 N–H and O–H groups in total. The molecule has 1 rings (SSSR count). The van der Waals surface area contributed by atoms with E-state index < -0.39 is 0 Å². The summed E-state index contributed by atoms with van der Waals surface area (Å²) < 4.78 is 13.5. The Bertz CT molecular complexity index is 294. The van der Waals surface area contributed by atoms with E-state index in [4.69, 9.17) is 11.6 Å². The van der Waals surface area contributed by atoms with Crippen molar-refractivity contribution in [3.05, 3.63) is 34.6 Å². The van der Waals surface area contributed by atoms with Crippen LogP contribution in [0, 0.1) is 11.7 Å². The van der Waals surface area contributed by atoms with Crippen molar-refractivity contribution in [1.29, 1.82) is 0 Å². The Hall–Kier alpha value is -0.0800. The van der Waals surface area contributed by atoms with Crippen LogP contribution in [0.4, 0.5) is 4.39 Å². The van der Waals surface area contributed by atoms with Gasteiger partial charge in [0.25, 0.3) is 0 Å². The third-order valence-electron chi connectivity index (χ3n) is 2.47. The highest BCUT2D eigenvalue weighted by atomic mass is 79.9. The Morgan fingerprint density at radius 1 is 1.47 bits per heavy atom. The van der Waals surface area contributed by atoms with Gasteiger partial charge in [0.1, 0.15) is 5.82 Å². The van der Waals surface area contributed by atoms with Crippen molar-refractivity contribution in [2.45, 2.75) is 26.2 Å². The molecule has 0 aliphatic heterocycles. The largest absolute Gasteiger partial charge is 0.207 e. The van der Waals surface area contributed by atoms with Crippen LogP contribution < -0.4 is 0 Å². The molecule has 0 heterocycles. The molecule has 84 valence electrons. The van der Waals surface area contributed by atoms with Crippen LogP contribution in [0.5, 0.6) is 0 Å². The zero-order chi connectivity index (χ0) is 11.3. The minimum Gasteiger partial charge on any atom is -0.207 e. The van der Waals surface area contributed by atoms with Gasteiger partial charge in [0, 0.05) is 15.9 Å². The molecule has 1 aromatic carbocycles. The topological polar surface area (TPSA) is 0 Å². The van der Waals surface area contributed by atoms with E-state index in [0.29, 0.717) is 22.9 Å². The molecule has 0 spiro atoms. The third kappa shape index (κ3) is 3.76. The van der Waals surface area contributed by atoms with Crippen LogP contribution in [0.25, 0.3) is 0 Å². The van der Waals surface area contributed by atoms with Crippen LogP contribution in [-0.4, -0.2) is 5.33 Å². The lowest BCUT2D eigenvalue weighted by molar-refractivity contribution is 0.514. The summed E-state index contributed by atoms with van der Waals surface area (Å²) >= 11 is 9.43. The lowest BCUT2D eigenvalue weighted by Gasteiger charge is -2.14. The molecular formula is C12H15BrClF. The van der Waals surface area contributed by atoms with Crippen LogP contribution in [0.2, 0.25) is 5.02 Å². The van der Waals surface area contributed by atoms with Gasteiger partial charge >= 0.3 is 0 Å². The standard InChI is InChI=1S/C12H15BrClF/c1-2-4-9(8-13)7-10-11(14)5-3-6-12(10)15/h3,5-6,9H,2,4,7-8H2,1H3. The molecule has 0 aliphatic carbocycles. The van der Waals surface area contributed by atoms with Gasteiger partial charge in [-0.2, -0.15) is 0 Å². The summed E-state index contributed by atoms with van der Waals surface area (Å²) in [6.07, 6.45) is 2.92. The van der Waals surface area contributed by atoms with E-state index in [-0.39, 0.29) is 5.82 Å². The van der Waals surface area contributed by atoms with Gasteiger partial charge in [-0.25, -0.2) is 4.39 Å². The second-order valence-corrected chi connectivity index (χ2v) is 4.77. The fourth-order valence-corrected chi connectivity index (χ4v) is 2.45. The number of halogens is 3. The molecule has 3 heteroatoms. The normalized spacial score (nSPS) is 12.8. The van der Waals surface area contributed by atoms with Crippen molar-refractivity contribution in [1.82, 2.24) is 0 Å². The first-order valence-corrected chi connectivity index (χ1v) is 6.67. The molecule has 0 aromatic heterocycles. The van der Waals surface area contributed by atoms with E-state index in [9.17, 15) is 4.39 Å². The molecule has 0 amide bonds. The Kier molecular flexibility index (Phi) is 5.62. The molecule has 0 fully saturated rings. The van der Waals surface area contributed by atoms with Gasteiger partial charge in [-0.3, -0.25) is 0 Å². The number of benzene rings is 1. The minimum atomic E-state index is -0.190. The number of hydrogen-bond acceptors (Lipinski definition) is 0. The van der Waals surface area contributed by atoms with E-state index in [2.05, 4.69) is 22.9 Å². The SMILES string of the molecule is CCCC(CBr)Cc1c(F)cccc1Cl. The quantitative estimate of drug-likeness (QED) is 0.682. The zero-order valence-electron chi connectivity index (χ0n) is 8.77. The van der Waals surface area contributed by atoms with Crippen molar-refractivity contribution in [2.24, 2.45) is 5.92 Å². The molecule has 0 saturated heterocycles. The maximum Gasteiger partial charge on any atom is 0.127 e. The van der Waals surface area contributed by atoms with Crippen LogP contribution in [0.3, 0.4) is 0 Å². The van der Waals surface area contributed by atoms with Gasteiger partial charge in [-0.1, -0.05) is 46.9 Å². The van der Waals surface area contributed by atoms with Gasteiger partial charge in [0.05, 0.1) is 0 Å². The highest BCUT2D eigenvalue weighted by molar-refractivity contribution is 9.09. The Morgan fingerprint density at radius 3 is 2.73 bits per heavy atom. The Balaban J connectivity index is 2.78. The summed E-state index contributed by atoms with van der Waals surface area (Å²) in [4.78, 5) is 0. The highest BCUT2D eigenvalue weighted by Crippen LogP contribution is 2.24. The van der Waals surface area contributed by atoms with Crippen molar-refractivity contribution < 1.29 is 4.39 Å². The molecule has 15 heavy (non-hydrogen) atoms. The first kappa shape index (κ1) is 13.0.